The number of nitrogens with zero attached hydrogens (tertiary/aromatic N) is 1. The highest BCUT2D eigenvalue weighted by Crippen LogP contribution is 2.28. The standard InChI is InChI=1S/C11H22N4O2/c1-11(7-12)4-6-15(8-11)5-3-9(16)14-10(17)13-2/h3-8,12H2,1-2H3,(H2,13,14,16,17). The Morgan fingerprint density at radius 2 is 2.18 bits per heavy atom. The van der Waals surface area contributed by atoms with E-state index < -0.39 is 6.03 Å². The molecule has 0 aliphatic carbocycles. The van der Waals surface area contributed by atoms with Gasteiger partial charge in [-0.15, -0.1) is 0 Å². The maximum Gasteiger partial charge on any atom is 0.321 e. The monoisotopic (exact) mass is 242 g/mol. The Morgan fingerprint density at radius 1 is 1.47 bits per heavy atom. The molecule has 1 saturated heterocycles. The van der Waals surface area contributed by atoms with Crippen LogP contribution >= 0.6 is 0 Å². The van der Waals surface area contributed by atoms with E-state index in [1.54, 1.807) is 0 Å². The molecule has 0 aromatic carbocycles. The van der Waals surface area contributed by atoms with E-state index >= 15 is 0 Å². The molecule has 1 rings (SSSR count). The third-order valence-corrected chi connectivity index (χ3v) is 3.26. The number of hydrogen-bond acceptors (Lipinski definition) is 4. The lowest BCUT2D eigenvalue weighted by atomic mass is 9.90. The first-order valence-electron chi connectivity index (χ1n) is 5.93. The number of nitrogens with two attached hydrogens (primary N) is 1. The molecule has 17 heavy (non-hydrogen) atoms. The fraction of sp³-hybridized carbons (Fsp3) is 0.818. The number of carbonyl (C=O) groups is 2. The van der Waals surface area contributed by atoms with Crippen LogP contribution in [0.2, 0.25) is 0 Å². The second kappa shape index (κ2) is 5.97. The zero-order valence-electron chi connectivity index (χ0n) is 10.6. The van der Waals surface area contributed by atoms with Gasteiger partial charge < -0.3 is 16.0 Å². The Morgan fingerprint density at radius 3 is 2.71 bits per heavy atom. The summed E-state index contributed by atoms with van der Waals surface area (Å²) in [6.45, 7) is 5.42. The molecular formula is C11H22N4O2. The molecule has 1 fully saturated rings. The first-order valence-corrected chi connectivity index (χ1v) is 5.93. The lowest BCUT2D eigenvalue weighted by Gasteiger charge is -2.22. The number of carbonyl (C=O) groups excluding carboxylic acids is 2. The first kappa shape index (κ1) is 13.9. The SMILES string of the molecule is CNC(=O)NC(=O)CCN1CCC(C)(CN)C1. The summed E-state index contributed by atoms with van der Waals surface area (Å²) in [7, 11) is 1.48. The van der Waals surface area contributed by atoms with E-state index in [0.717, 1.165) is 19.5 Å². The van der Waals surface area contributed by atoms with Crippen molar-refractivity contribution in [2.75, 3.05) is 33.2 Å². The van der Waals surface area contributed by atoms with Crippen molar-refractivity contribution in [3.8, 4) is 0 Å². The van der Waals surface area contributed by atoms with Gasteiger partial charge in [0.25, 0.3) is 0 Å². The van der Waals surface area contributed by atoms with Crippen molar-refractivity contribution in [1.29, 1.82) is 0 Å². The van der Waals surface area contributed by atoms with Crippen molar-refractivity contribution in [2.24, 2.45) is 11.1 Å². The Balaban J connectivity index is 2.24. The molecule has 1 heterocycles. The summed E-state index contributed by atoms with van der Waals surface area (Å²) in [5.41, 5.74) is 5.89. The number of rotatable bonds is 4. The van der Waals surface area contributed by atoms with Crippen molar-refractivity contribution in [3.63, 3.8) is 0 Å². The summed E-state index contributed by atoms with van der Waals surface area (Å²) in [5.74, 6) is -0.245. The molecular weight excluding hydrogens is 220 g/mol. The van der Waals surface area contributed by atoms with E-state index in [0.29, 0.717) is 19.5 Å². The second-order valence-corrected chi connectivity index (χ2v) is 4.92. The smallest absolute Gasteiger partial charge is 0.321 e. The van der Waals surface area contributed by atoms with Crippen LogP contribution in [0.4, 0.5) is 4.79 Å². The minimum absolute atomic E-state index is 0.178. The van der Waals surface area contributed by atoms with Gasteiger partial charge >= 0.3 is 6.03 Å². The van der Waals surface area contributed by atoms with Gasteiger partial charge in [-0.25, -0.2) is 4.79 Å². The molecule has 0 saturated carbocycles. The van der Waals surface area contributed by atoms with Crippen molar-refractivity contribution in [3.05, 3.63) is 0 Å². The third kappa shape index (κ3) is 4.32. The highest BCUT2D eigenvalue weighted by Gasteiger charge is 2.32. The molecule has 0 aromatic rings. The minimum Gasteiger partial charge on any atom is -0.341 e. The molecule has 0 bridgehead atoms. The largest absolute Gasteiger partial charge is 0.341 e. The fourth-order valence-corrected chi connectivity index (χ4v) is 1.99. The van der Waals surface area contributed by atoms with E-state index in [9.17, 15) is 9.59 Å². The minimum atomic E-state index is -0.455. The molecule has 1 aliphatic rings. The van der Waals surface area contributed by atoms with Gasteiger partial charge in [0.1, 0.15) is 0 Å². The molecule has 4 N–H and O–H groups in total. The van der Waals surface area contributed by atoms with Gasteiger partial charge in [-0.05, 0) is 24.9 Å². The number of nitrogens with one attached hydrogen (secondary N) is 2. The van der Waals surface area contributed by atoms with Crippen LogP contribution in [-0.2, 0) is 4.79 Å². The number of imide groups is 1. The molecule has 0 radical (unpaired) electrons. The highest BCUT2D eigenvalue weighted by molar-refractivity contribution is 5.94. The Bertz CT molecular complexity index is 295. The number of likely N-dealkylation sites (tertiary alicyclic amines) is 1. The molecule has 0 aromatic heterocycles. The van der Waals surface area contributed by atoms with Crippen molar-refractivity contribution < 1.29 is 9.59 Å². The predicted molar refractivity (Wildman–Crippen MR) is 65.4 cm³/mol. The topological polar surface area (TPSA) is 87.5 Å². The van der Waals surface area contributed by atoms with E-state index in [4.69, 9.17) is 5.73 Å². The van der Waals surface area contributed by atoms with Gasteiger partial charge in [-0.1, -0.05) is 6.92 Å². The summed E-state index contributed by atoms with van der Waals surface area (Å²) < 4.78 is 0. The maximum atomic E-state index is 11.4. The molecule has 1 atom stereocenters. The van der Waals surface area contributed by atoms with Crippen LogP contribution < -0.4 is 16.4 Å². The zero-order chi connectivity index (χ0) is 12.9. The van der Waals surface area contributed by atoms with Gasteiger partial charge in [0, 0.05) is 26.6 Å². The van der Waals surface area contributed by atoms with Gasteiger partial charge in [-0.3, -0.25) is 10.1 Å². The van der Waals surface area contributed by atoms with Gasteiger partial charge in [0.15, 0.2) is 0 Å². The summed E-state index contributed by atoms with van der Waals surface area (Å²) in [6.07, 6.45) is 1.41. The van der Waals surface area contributed by atoms with Crippen molar-refractivity contribution >= 4 is 11.9 Å². The fourth-order valence-electron chi connectivity index (χ4n) is 1.99. The quantitative estimate of drug-likeness (QED) is 0.620. The average molecular weight is 242 g/mol. The Labute approximate surface area is 102 Å². The average Bonchev–Trinajstić information content (AvgIpc) is 2.69. The lowest BCUT2D eigenvalue weighted by Crippen LogP contribution is -2.39. The van der Waals surface area contributed by atoms with Crippen LogP contribution in [0.3, 0.4) is 0 Å². The molecule has 6 nitrogen and oxygen atoms in total. The van der Waals surface area contributed by atoms with Gasteiger partial charge in [0.05, 0.1) is 0 Å². The van der Waals surface area contributed by atoms with Gasteiger partial charge in [0.2, 0.25) is 5.91 Å². The molecule has 98 valence electrons. The molecule has 1 aliphatic heterocycles. The molecule has 1 unspecified atom stereocenters. The zero-order valence-corrected chi connectivity index (χ0v) is 10.6. The van der Waals surface area contributed by atoms with Crippen LogP contribution in [0.25, 0.3) is 0 Å². The van der Waals surface area contributed by atoms with E-state index in [1.807, 2.05) is 0 Å². The third-order valence-electron chi connectivity index (χ3n) is 3.26. The summed E-state index contributed by atoms with van der Waals surface area (Å²) >= 11 is 0. The van der Waals surface area contributed by atoms with Crippen molar-refractivity contribution in [2.45, 2.75) is 19.8 Å². The van der Waals surface area contributed by atoms with Crippen LogP contribution in [0.5, 0.6) is 0 Å². The van der Waals surface area contributed by atoms with E-state index in [2.05, 4.69) is 22.5 Å². The summed E-state index contributed by atoms with van der Waals surface area (Å²) in [6, 6.07) is -0.455. The first-order chi connectivity index (χ1) is 7.99. The normalized spacial score (nSPS) is 24.6. The summed E-state index contributed by atoms with van der Waals surface area (Å²) in [4.78, 5) is 24.5. The Hall–Kier alpha value is -1.14. The molecule has 6 heteroatoms. The van der Waals surface area contributed by atoms with Crippen LogP contribution in [-0.4, -0.2) is 50.1 Å². The van der Waals surface area contributed by atoms with E-state index in [-0.39, 0.29) is 11.3 Å². The van der Waals surface area contributed by atoms with E-state index in [1.165, 1.54) is 7.05 Å². The van der Waals surface area contributed by atoms with Gasteiger partial charge in [-0.2, -0.15) is 0 Å². The molecule has 0 spiro atoms. The van der Waals surface area contributed by atoms with Crippen LogP contribution in [0, 0.1) is 5.41 Å². The van der Waals surface area contributed by atoms with Crippen LogP contribution in [0.1, 0.15) is 19.8 Å². The molecule has 3 amide bonds. The summed E-state index contributed by atoms with van der Waals surface area (Å²) in [5, 5.41) is 4.59. The highest BCUT2D eigenvalue weighted by atomic mass is 16.2. The predicted octanol–water partition coefficient (Wildman–Crippen LogP) is -0.497. The van der Waals surface area contributed by atoms with Crippen LogP contribution in [0.15, 0.2) is 0 Å². The second-order valence-electron chi connectivity index (χ2n) is 4.92. The number of hydrogen-bond donors (Lipinski definition) is 3. The van der Waals surface area contributed by atoms with Crippen molar-refractivity contribution in [1.82, 2.24) is 15.5 Å². The lowest BCUT2D eigenvalue weighted by molar-refractivity contribution is -0.120. The Kier molecular flexibility index (Phi) is 4.89. The maximum absolute atomic E-state index is 11.4. The number of urea groups is 1. The number of amides is 3.